The number of fused-ring (bicyclic) bond motifs is 1. The molecule has 0 amide bonds. The zero-order valence-corrected chi connectivity index (χ0v) is 14.0. The third kappa shape index (κ3) is 2.86. The third-order valence-corrected chi connectivity index (χ3v) is 5.76. The number of rotatable bonds is 4. The summed E-state index contributed by atoms with van der Waals surface area (Å²) in [5.41, 5.74) is 7.93. The van der Waals surface area contributed by atoms with E-state index in [2.05, 4.69) is 32.6 Å². The van der Waals surface area contributed by atoms with Gasteiger partial charge in [0, 0.05) is 23.5 Å². The quantitative estimate of drug-likeness (QED) is 0.919. The number of thiazole rings is 1. The van der Waals surface area contributed by atoms with E-state index in [1.807, 2.05) is 11.3 Å². The minimum atomic E-state index is 0.176. The molecule has 0 aromatic carbocycles. The van der Waals surface area contributed by atoms with E-state index in [-0.39, 0.29) is 11.5 Å². The Kier molecular flexibility index (Phi) is 3.57. The van der Waals surface area contributed by atoms with Gasteiger partial charge in [0.25, 0.3) is 0 Å². The summed E-state index contributed by atoms with van der Waals surface area (Å²) in [4.78, 5) is 8.78. The zero-order chi connectivity index (χ0) is 14.5. The van der Waals surface area contributed by atoms with Gasteiger partial charge in [-0.05, 0) is 50.9 Å². The summed E-state index contributed by atoms with van der Waals surface area (Å²) < 4.78 is 0. The van der Waals surface area contributed by atoms with E-state index in [1.54, 1.807) is 0 Å². The molecule has 1 unspecified atom stereocenters. The fourth-order valence-electron chi connectivity index (χ4n) is 3.19. The van der Waals surface area contributed by atoms with Crippen molar-refractivity contribution in [2.75, 3.05) is 11.4 Å². The van der Waals surface area contributed by atoms with Gasteiger partial charge < -0.3 is 10.6 Å². The zero-order valence-electron chi connectivity index (χ0n) is 13.1. The molecule has 2 aliphatic carbocycles. The van der Waals surface area contributed by atoms with Crippen LogP contribution in [0.2, 0.25) is 0 Å². The molecule has 1 atom stereocenters. The maximum absolute atomic E-state index is 6.38. The summed E-state index contributed by atoms with van der Waals surface area (Å²) in [6, 6.07) is 0.697. The van der Waals surface area contributed by atoms with Crippen molar-refractivity contribution < 1.29 is 0 Å². The number of anilines is 1. The Bertz CT molecular complexity index is 488. The summed E-state index contributed by atoms with van der Waals surface area (Å²) in [7, 11) is 0. The molecule has 112 valence electrons. The average molecular weight is 293 g/mol. The van der Waals surface area contributed by atoms with E-state index >= 15 is 0 Å². The lowest BCUT2D eigenvalue weighted by molar-refractivity contribution is 0.282. The predicted octanol–water partition coefficient (Wildman–Crippen LogP) is 3.74. The van der Waals surface area contributed by atoms with E-state index in [9.17, 15) is 0 Å². The molecule has 1 aromatic rings. The van der Waals surface area contributed by atoms with Crippen LogP contribution in [0.15, 0.2) is 0 Å². The largest absolute Gasteiger partial charge is 0.345 e. The highest BCUT2D eigenvalue weighted by atomic mass is 32.1. The second-order valence-electron chi connectivity index (χ2n) is 7.65. The average Bonchev–Trinajstić information content (AvgIpc) is 3.04. The highest BCUT2D eigenvalue weighted by Crippen LogP contribution is 2.44. The van der Waals surface area contributed by atoms with Crippen molar-refractivity contribution in [3.8, 4) is 0 Å². The molecule has 2 N–H and O–H groups in total. The molecule has 0 aliphatic heterocycles. The lowest BCUT2D eigenvalue weighted by atomic mass is 9.77. The van der Waals surface area contributed by atoms with Crippen LogP contribution in [0.1, 0.15) is 63.6 Å². The Balaban J connectivity index is 1.87. The van der Waals surface area contributed by atoms with Crippen molar-refractivity contribution in [2.24, 2.45) is 17.1 Å². The van der Waals surface area contributed by atoms with Gasteiger partial charge in [0.1, 0.15) is 0 Å². The fourth-order valence-corrected chi connectivity index (χ4v) is 4.42. The van der Waals surface area contributed by atoms with Gasteiger partial charge in [0.2, 0.25) is 0 Å². The number of aromatic nitrogens is 1. The topological polar surface area (TPSA) is 42.2 Å². The molecular formula is C16H27N3S. The minimum Gasteiger partial charge on any atom is -0.345 e. The third-order valence-electron chi connectivity index (χ3n) is 4.49. The monoisotopic (exact) mass is 293 g/mol. The first-order chi connectivity index (χ1) is 9.35. The van der Waals surface area contributed by atoms with Gasteiger partial charge in [-0.1, -0.05) is 25.2 Å². The van der Waals surface area contributed by atoms with Gasteiger partial charge in [-0.2, -0.15) is 0 Å². The normalized spacial score (nSPS) is 24.8. The number of hydrogen-bond donors (Lipinski definition) is 1. The summed E-state index contributed by atoms with van der Waals surface area (Å²) in [6.45, 7) is 10.3. The lowest BCUT2D eigenvalue weighted by Crippen LogP contribution is -2.32. The van der Waals surface area contributed by atoms with Crippen LogP contribution in [-0.2, 0) is 6.42 Å². The van der Waals surface area contributed by atoms with Crippen molar-refractivity contribution >= 4 is 16.5 Å². The first kappa shape index (κ1) is 14.3. The van der Waals surface area contributed by atoms with Crippen LogP contribution in [0.3, 0.4) is 0 Å². The molecule has 2 aliphatic rings. The Morgan fingerprint density at radius 2 is 2.10 bits per heavy atom. The molecule has 1 fully saturated rings. The first-order valence-electron chi connectivity index (χ1n) is 7.87. The molecular weight excluding hydrogens is 266 g/mol. The van der Waals surface area contributed by atoms with Crippen LogP contribution in [0.4, 0.5) is 5.13 Å². The van der Waals surface area contributed by atoms with E-state index in [0.717, 1.165) is 18.8 Å². The molecule has 0 radical (unpaired) electrons. The van der Waals surface area contributed by atoms with Crippen LogP contribution in [0, 0.1) is 11.3 Å². The Hall–Kier alpha value is -0.610. The second-order valence-corrected chi connectivity index (χ2v) is 8.66. The molecule has 1 heterocycles. The molecule has 0 saturated heterocycles. The van der Waals surface area contributed by atoms with Crippen LogP contribution < -0.4 is 10.6 Å². The first-order valence-corrected chi connectivity index (χ1v) is 8.69. The lowest BCUT2D eigenvalue weighted by Gasteiger charge is -2.32. The van der Waals surface area contributed by atoms with Gasteiger partial charge in [-0.3, -0.25) is 0 Å². The Labute approximate surface area is 126 Å². The molecule has 3 nitrogen and oxygen atoms in total. The Morgan fingerprint density at radius 3 is 2.70 bits per heavy atom. The maximum atomic E-state index is 6.38. The van der Waals surface area contributed by atoms with Crippen molar-refractivity contribution in [2.45, 2.75) is 65.5 Å². The van der Waals surface area contributed by atoms with Crippen molar-refractivity contribution in [1.29, 1.82) is 0 Å². The molecule has 0 spiro atoms. The summed E-state index contributed by atoms with van der Waals surface area (Å²) >= 11 is 1.84. The minimum absolute atomic E-state index is 0.176. The van der Waals surface area contributed by atoms with Crippen molar-refractivity contribution in [3.05, 3.63) is 10.6 Å². The van der Waals surface area contributed by atoms with Gasteiger partial charge in [0.05, 0.1) is 5.69 Å². The van der Waals surface area contributed by atoms with E-state index in [0.29, 0.717) is 6.04 Å². The number of hydrogen-bond acceptors (Lipinski definition) is 4. The van der Waals surface area contributed by atoms with Crippen molar-refractivity contribution in [3.63, 3.8) is 0 Å². The summed E-state index contributed by atoms with van der Waals surface area (Å²) in [5.74, 6) is 0.892. The van der Waals surface area contributed by atoms with Gasteiger partial charge in [-0.15, -0.1) is 0 Å². The van der Waals surface area contributed by atoms with E-state index in [1.165, 1.54) is 35.1 Å². The van der Waals surface area contributed by atoms with Gasteiger partial charge >= 0.3 is 0 Å². The maximum Gasteiger partial charge on any atom is 0.186 e. The van der Waals surface area contributed by atoms with Crippen LogP contribution in [-0.4, -0.2) is 17.6 Å². The molecule has 0 bridgehead atoms. The molecule has 4 heteroatoms. The molecule has 3 rings (SSSR count). The molecule has 1 aromatic heterocycles. The van der Waals surface area contributed by atoms with Crippen LogP contribution in [0.25, 0.3) is 0 Å². The number of nitrogens with two attached hydrogens (primary N) is 1. The molecule has 20 heavy (non-hydrogen) atoms. The molecule has 1 saturated carbocycles. The summed E-state index contributed by atoms with van der Waals surface area (Å²) in [5, 5.41) is 1.20. The summed E-state index contributed by atoms with van der Waals surface area (Å²) in [6.07, 6.45) is 4.93. The van der Waals surface area contributed by atoms with Gasteiger partial charge in [-0.25, -0.2) is 4.98 Å². The standard InChI is InChI=1S/C16H27N3S/c1-10(2)19(9-11-5-6-11)15-18-13-8-16(3,4)7-12(17)14(13)20-15/h10-12H,5-9,17H2,1-4H3. The van der Waals surface area contributed by atoms with Crippen LogP contribution in [0.5, 0.6) is 0 Å². The van der Waals surface area contributed by atoms with E-state index < -0.39 is 0 Å². The highest BCUT2D eigenvalue weighted by Gasteiger charge is 2.35. The predicted molar refractivity (Wildman–Crippen MR) is 86.4 cm³/mol. The smallest absolute Gasteiger partial charge is 0.186 e. The van der Waals surface area contributed by atoms with E-state index in [4.69, 9.17) is 10.7 Å². The number of nitrogens with zero attached hydrogens (tertiary/aromatic N) is 2. The Morgan fingerprint density at radius 1 is 1.40 bits per heavy atom. The SMILES string of the molecule is CC(C)N(CC1CC1)c1nc2c(s1)C(N)CC(C)(C)C2. The second kappa shape index (κ2) is 4.99. The van der Waals surface area contributed by atoms with Crippen molar-refractivity contribution in [1.82, 2.24) is 4.98 Å². The van der Waals surface area contributed by atoms with Gasteiger partial charge in [0.15, 0.2) is 5.13 Å². The highest BCUT2D eigenvalue weighted by molar-refractivity contribution is 7.15. The fraction of sp³-hybridized carbons (Fsp3) is 0.812. The van der Waals surface area contributed by atoms with Crippen LogP contribution >= 0.6 is 11.3 Å².